The molecule has 1 N–H and O–H groups in total. The van der Waals surface area contributed by atoms with E-state index in [0.29, 0.717) is 5.92 Å². The molecule has 0 aromatic rings. The van der Waals surface area contributed by atoms with Crippen LogP contribution < -0.4 is 5.32 Å². The van der Waals surface area contributed by atoms with Gasteiger partial charge in [0.05, 0.1) is 6.61 Å². The summed E-state index contributed by atoms with van der Waals surface area (Å²) < 4.78 is 38.3. The highest BCUT2D eigenvalue weighted by molar-refractivity contribution is 6.20. The largest absolute Gasteiger partial charge is 0.522 e. The summed E-state index contributed by atoms with van der Waals surface area (Å²) in [5.74, 6) is 0.499. The van der Waals surface area contributed by atoms with Crippen LogP contribution in [-0.4, -0.2) is 31.4 Å². The molecule has 15 heavy (non-hydrogen) atoms. The van der Waals surface area contributed by atoms with Crippen molar-refractivity contribution >= 4 is 11.6 Å². The predicted octanol–water partition coefficient (Wildman–Crippen LogP) is 2.52. The molecule has 0 aromatic carbocycles. The molecular weight excluding hydrogens is 231 g/mol. The van der Waals surface area contributed by atoms with Crippen molar-refractivity contribution in [1.82, 2.24) is 5.32 Å². The van der Waals surface area contributed by atoms with E-state index in [9.17, 15) is 13.2 Å². The van der Waals surface area contributed by atoms with Gasteiger partial charge in [-0.2, -0.15) is 0 Å². The van der Waals surface area contributed by atoms with Crippen LogP contribution in [0.5, 0.6) is 0 Å². The highest BCUT2D eigenvalue weighted by atomic mass is 35.5. The topological polar surface area (TPSA) is 21.3 Å². The number of hydrogen-bond donors (Lipinski definition) is 1. The third-order valence-corrected chi connectivity index (χ3v) is 2.85. The van der Waals surface area contributed by atoms with Gasteiger partial charge in [0.1, 0.15) is 0 Å². The third-order valence-electron chi connectivity index (χ3n) is 2.45. The van der Waals surface area contributed by atoms with E-state index in [4.69, 9.17) is 11.6 Å². The van der Waals surface area contributed by atoms with E-state index in [1.807, 2.05) is 0 Å². The van der Waals surface area contributed by atoms with Gasteiger partial charge in [-0.3, -0.25) is 4.74 Å². The highest BCUT2D eigenvalue weighted by Crippen LogP contribution is 2.28. The van der Waals surface area contributed by atoms with Crippen LogP contribution in [-0.2, 0) is 4.74 Å². The molecule has 90 valence electrons. The molecule has 0 amide bonds. The van der Waals surface area contributed by atoms with Gasteiger partial charge < -0.3 is 5.32 Å². The molecule has 1 aliphatic rings. The molecule has 0 spiro atoms. The Labute approximate surface area is 92.1 Å². The van der Waals surface area contributed by atoms with Crippen LogP contribution in [0.15, 0.2) is 0 Å². The van der Waals surface area contributed by atoms with Crippen LogP contribution in [0.4, 0.5) is 13.2 Å². The molecule has 0 saturated heterocycles. The number of rotatable bonds is 5. The van der Waals surface area contributed by atoms with Crippen molar-refractivity contribution in [3.8, 4) is 0 Å². The van der Waals surface area contributed by atoms with E-state index >= 15 is 0 Å². The zero-order valence-electron chi connectivity index (χ0n) is 8.32. The normalized spacial score (nSPS) is 27.2. The Balaban J connectivity index is 1.93. The standard InChI is InChI=1S/C9H15ClF3NO/c10-8-2-1-7(5-8)6-14-3-4-15-9(11,12)13/h7-8,14H,1-6H2. The molecule has 0 heterocycles. The maximum Gasteiger partial charge on any atom is 0.522 e. The molecular formula is C9H15ClF3NO. The van der Waals surface area contributed by atoms with E-state index in [1.165, 1.54) is 0 Å². The SMILES string of the molecule is FC(F)(F)OCCNCC1CCC(Cl)C1. The van der Waals surface area contributed by atoms with Crippen LogP contribution >= 0.6 is 11.6 Å². The lowest BCUT2D eigenvalue weighted by molar-refractivity contribution is -0.323. The molecule has 1 rings (SSSR count). The fourth-order valence-corrected chi connectivity index (χ4v) is 2.12. The van der Waals surface area contributed by atoms with Crippen molar-refractivity contribution in [3.63, 3.8) is 0 Å². The molecule has 0 aromatic heterocycles. The van der Waals surface area contributed by atoms with E-state index in [-0.39, 0.29) is 18.5 Å². The summed E-state index contributed by atoms with van der Waals surface area (Å²) in [6.45, 7) is 0.619. The number of nitrogens with one attached hydrogen (secondary N) is 1. The molecule has 2 unspecified atom stereocenters. The molecule has 1 aliphatic carbocycles. The van der Waals surface area contributed by atoms with Gasteiger partial charge in [-0.05, 0) is 31.7 Å². The fourth-order valence-electron chi connectivity index (χ4n) is 1.74. The maximum atomic E-state index is 11.6. The monoisotopic (exact) mass is 245 g/mol. The predicted molar refractivity (Wildman–Crippen MR) is 51.9 cm³/mol. The third kappa shape index (κ3) is 6.22. The zero-order chi connectivity index (χ0) is 11.3. The summed E-state index contributed by atoms with van der Waals surface area (Å²) in [5.41, 5.74) is 0. The first kappa shape index (κ1) is 13.1. The van der Waals surface area contributed by atoms with Crippen molar-refractivity contribution in [2.75, 3.05) is 19.7 Å². The zero-order valence-corrected chi connectivity index (χ0v) is 9.07. The van der Waals surface area contributed by atoms with Gasteiger partial charge in [0, 0.05) is 11.9 Å². The Morgan fingerprint density at radius 3 is 2.60 bits per heavy atom. The van der Waals surface area contributed by atoms with Crippen molar-refractivity contribution < 1.29 is 17.9 Å². The summed E-state index contributed by atoms with van der Waals surface area (Å²) in [4.78, 5) is 0. The van der Waals surface area contributed by atoms with Crippen molar-refractivity contribution in [3.05, 3.63) is 0 Å². The first-order chi connectivity index (χ1) is 6.97. The summed E-state index contributed by atoms with van der Waals surface area (Å²) >= 11 is 5.91. The van der Waals surface area contributed by atoms with Crippen molar-refractivity contribution in [2.24, 2.45) is 5.92 Å². The minimum Gasteiger partial charge on any atom is -0.314 e. The molecule has 1 fully saturated rings. The quantitative estimate of drug-likeness (QED) is 0.594. The smallest absolute Gasteiger partial charge is 0.314 e. The van der Waals surface area contributed by atoms with Crippen LogP contribution in [0.2, 0.25) is 0 Å². The second-order valence-corrected chi connectivity index (χ2v) is 4.39. The Hall–Kier alpha value is 0. The number of ether oxygens (including phenoxy) is 1. The van der Waals surface area contributed by atoms with E-state index in [2.05, 4.69) is 10.1 Å². The molecule has 0 radical (unpaired) electrons. The van der Waals surface area contributed by atoms with Gasteiger partial charge >= 0.3 is 6.36 Å². The summed E-state index contributed by atoms with van der Waals surface area (Å²) in [7, 11) is 0. The summed E-state index contributed by atoms with van der Waals surface area (Å²) in [6, 6.07) is 0. The first-order valence-electron chi connectivity index (χ1n) is 5.03. The lowest BCUT2D eigenvalue weighted by Crippen LogP contribution is -2.27. The minimum atomic E-state index is -4.52. The Morgan fingerprint density at radius 2 is 2.07 bits per heavy atom. The van der Waals surface area contributed by atoms with E-state index < -0.39 is 6.36 Å². The number of hydrogen-bond acceptors (Lipinski definition) is 2. The van der Waals surface area contributed by atoms with Gasteiger partial charge in [0.2, 0.25) is 0 Å². The Kier molecular flexibility index (Phi) is 5.15. The van der Waals surface area contributed by atoms with Crippen LogP contribution in [0.1, 0.15) is 19.3 Å². The number of halogens is 4. The molecule has 2 atom stereocenters. The van der Waals surface area contributed by atoms with Gasteiger partial charge in [-0.25, -0.2) is 0 Å². The summed E-state index contributed by atoms with van der Waals surface area (Å²) in [6.07, 6.45) is -1.50. The van der Waals surface area contributed by atoms with Gasteiger partial charge in [-0.1, -0.05) is 0 Å². The molecule has 6 heteroatoms. The first-order valence-corrected chi connectivity index (χ1v) is 5.46. The average molecular weight is 246 g/mol. The highest BCUT2D eigenvalue weighted by Gasteiger charge is 2.28. The number of alkyl halides is 4. The molecule has 2 nitrogen and oxygen atoms in total. The van der Waals surface area contributed by atoms with Crippen LogP contribution in [0.25, 0.3) is 0 Å². The van der Waals surface area contributed by atoms with E-state index in [1.54, 1.807) is 0 Å². The minimum absolute atomic E-state index is 0.225. The second kappa shape index (κ2) is 5.92. The van der Waals surface area contributed by atoms with Gasteiger partial charge in [0.25, 0.3) is 0 Å². The average Bonchev–Trinajstić information content (AvgIpc) is 2.49. The fraction of sp³-hybridized carbons (Fsp3) is 1.00. The lowest BCUT2D eigenvalue weighted by atomic mass is 10.1. The Bertz CT molecular complexity index is 189. The van der Waals surface area contributed by atoms with Crippen molar-refractivity contribution in [1.29, 1.82) is 0 Å². The molecule has 0 bridgehead atoms. The van der Waals surface area contributed by atoms with Crippen molar-refractivity contribution in [2.45, 2.75) is 31.0 Å². The second-order valence-electron chi connectivity index (χ2n) is 3.77. The molecule has 0 aliphatic heterocycles. The lowest BCUT2D eigenvalue weighted by Gasteiger charge is -2.11. The summed E-state index contributed by atoms with van der Waals surface area (Å²) in [5, 5.41) is 3.18. The van der Waals surface area contributed by atoms with Gasteiger partial charge in [0.15, 0.2) is 0 Å². The molecule has 1 saturated carbocycles. The van der Waals surface area contributed by atoms with Gasteiger partial charge in [-0.15, -0.1) is 24.8 Å². The maximum absolute atomic E-state index is 11.6. The van der Waals surface area contributed by atoms with Crippen LogP contribution in [0, 0.1) is 5.92 Å². The Morgan fingerprint density at radius 1 is 1.33 bits per heavy atom. The van der Waals surface area contributed by atoms with Crippen LogP contribution in [0.3, 0.4) is 0 Å². The van der Waals surface area contributed by atoms with E-state index in [0.717, 1.165) is 25.8 Å².